The average Bonchev–Trinajstić information content (AvgIpc) is 2.35. The minimum absolute atomic E-state index is 0.0605. The lowest BCUT2D eigenvalue weighted by atomic mass is 9.96. The van der Waals surface area contributed by atoms with Crippen LogP contribution in [0.5, 0.6) is 0 Å². The normalized spacial score (nSPS) is 10.6. The van der Waals surface area contributed by atoms with Gasteiger partial charge in [0.15, 0.2) is 5.11 Å². The van der Waals surface area contributed by atoms with Crippen molar-refractivity contribution in [2.45, 2.75) is 27.7 Å². The summed E-state index contributed by atoms with van der Waals surface area (Å²) in [6.45, 7) is 7.26. The van der Waals surface area contributed by atoms with Crippen LogP contribution in [0.3, 0.4) is 0 Å². The molecule has 20 heavy (non-hydrogen) atoms. The molecule has 0 heterocycles. The number of hydrogen-bond donors (Lipinski definition) is 3. The van der Waals surface area contributed by atoms with E-state index in [0.29, 0.717) is 5.56 Å². The van der Waals surface area contributed by atoms with Crippen molar-refractivity contribution in [3.63, 3.8) is 0 Å². The van der Waals surface area contributed by atoms with E-state index in [1.807, 2.05) is 19.1 Å². The molecule has 0 atom stereocenters. The minimum Gasteiger partial charge on any atom is -0.301 e. The van der Waals surface area contributed by atoms with E-state index in [0.717, 1.165) is 5.56 Å². The molecule has 1 aromatic carbocycles. The topological polar surface area (TPSA) is 70.2 Å². The second-order valence-corrected chi connectivity index (χ2v) is 5.89. The second kappa shape index (κ2) is 6.47. The summed E-state index contributed by atoms with van der Waals surface area (Å²) in [6, 6.07) is 7.11. The van der Waals surface area contributed by atoms with Crippen LogP contribution in [0, 0.1) is 12.3 Å². The Balaban J connectivity index is 2.47. The van der Waals surface area contributed by atoms with Gasteiger partial charge in [0, 0.05) is 11.0 Å². The zero-order valence-corrected chi connectivity index (χ0v) is 12.9. The third-order valence-corrected chi connectivity index (χ3v) is 2.72. The Hall–Kier alpha value is -1.95. The van der Waals surface area contributed by atoms with Crippen LogP contribution in [0.2, 0.25) is 0 Å². The van der Waals surface area contributed by atoms with Gasteiger partial charge in [-0.15, -0.1) is 0 Å². The van der Waals surface area contributed by atoms with Gasteiger partial charge in [-0.2, -0.15) is 0 Å². The van der Waals surface area contributed by atoms with Crippen LogP contribution in [0.1, 0.15) is 36.7 Å². The van der Waals surface area contributed by atoms with Crippen molar-refractivity contribution >= 4 is 29.1 Å². The highest BCUT2D eigenvalue weighted by molar-refractivity contribution is 7.80. The van der Waals surface area contributed by atoms with Crippen molar-refractivity contribution < 1.29 is 9.59 Å². The van der Waals surface area contributed by atoms with E-state index in [1.165, 1.54) is 0 Å². The quantitative estimate of drug-likeness (QED) is 0.544. The Morgan fingerprint density at radius 3 is 2.10 bits per heavy atom. The number of hydrazine groups is 1. The second-order valence-electron chi connectivity index (χ2n) is 5.48. The third kappa shape index (κ3) is 4.97. The van der Waals surface area contributed by atoms with Gasteiger partial charge in [0.2, 0.25) is 5.91 Å². The van der Waals surface area contributed by atoms with Gasteiger partial charge in [0.05, 0.1) is 0 Å². The Bertz CT molecular complexity index is 518. The molecular formula is C14H19N3O2S. The van der Waals surface area contributed by atoms with Crippen molar-refractivity contribution in [3.05, 3.63) is 35.4 Å². The van der Waals surface area contributed by atoms with Crippen LogP contribution in [0.15, 0.2) is 24.3 Å². The maximum atomic E-state index is 11.8. The Morgan fingerprint density at radius 2 is 1.60 bits per heavy atom. The summed E-state index contributed by atoms with van der Waals surface area (Å²) in [6.07, 6.45) is 0. The predicted molar refractivity (Wildman–Crippen MR) is 82.0 cm³/mol. The molecule has 1 rings (SSSR count). The lowest BCUT2D eigenvalue weighted by Crippen LogP contribution is -2.50. The standard InChI is InChI=1S/C14H19N3O2S/c1-9-5-7-10(8-6-9)11(18)16-17-13(20)15-12(19)14(2,3)4/h5-8H,1-4H3,(H,16,18)(H2,15,17,19,20). The molecule has 0 aliphatic heterocycles. The van der Waals surface area contributed by atoms with E-state index >= 15 is 0 Å². The molecule has 5 nitrogen and oxygen atoms in total. The predicted octanol–water partition coefficient (Wildman–Crippen LogP) is 1.68. The minimum atomic E-state index is -0.549. The Morgan fingerprint density at radius 1 is 1.05 bits per heavy atom. The molecule has 0 aromatic heterocycles. The first-order valence-corrected chi connectivity index (χ1v) is 6.59. The van der Waals surface area contributed by atoms with Crippen molar-refractivity contribution in [1.82, 2.24) is 16.2 Å². The molecule has 0 bridgehead atoms. The fraction of sp³-hybridized carbons (Fsp3) is 0.357. The van der Waals surface area contributed by atoms with Crippen molar-refractivity contribution in [2.24, 2.45) is 5.41 Å². The van der Waals surface area contributed by atoms with Crippen molar-refractivity contribution in [2.75, 3.05) is 0 Å². The van der Waals surface area contributed by atoms with Crippen LogP contribution in [-0.2, 0) is 4.79 Å². The number of nitrogens with one attached hydrogen (secondary N) is 3. The van der Waals surface area contributed by atoms with Gasteiger partial charge in [-0.05, 0) is 31.3 Å². The zero-order valence-electron chi connectivity index (χ0n) is 12.0. The molecule has 0 saturated carbocycles. The molecule has 0 aliphatic carbocycles. The largest absolute Gasteiger partial charge is 0.301 e. The lowest BCUT2D eigenvalue weighted by molar-refractivity contribution is -0.126. The summed E-state index contributed by atoms with van der Waals surface area (Å²) < 4.78 is 0. The van der Waals surface area contributed by atoms with Crippen LogP contribution in [0.4, 0.5) is 0 Å². The first-order chi connectivity index (χ1) is 9.20. The number of aryl methyl sites for hydroxylation is 1. The molecule has 6 heteroatoms. The van der Waals surface area contributed by atoms with Crippen molar-refractivity contribution in [3.8, 4) is 0 Å². The highest BCUT2D eigenvalue weighted by Crippen LogP contribution is 2.11. The molecule has 0 aliphatic rings. The number of benzene rings is 1. The van der Waals surface area contributed by atoms with Gasteiger partial charge >= 0.3 is 0 Å². The smallest absolute Gasteiger partial charge is 0.269 e. The first-order valence-electron chi connectivity index (χ1n) is 6.18. The summed E-state index contributed by atoms with van der Waals surface area (Å²) in [4.78, 5) is 23.5. The average molecular weight is 293 g/mol. The van der Waals surface area contributed by atoms with E-state index in [2.05, 4.69) is 16.2 Å². The number of amides is 2. The third-order valence-electron chi connectivity index (χ3n) is 2.51. The molecule has 3 N–H and O–H groups in total. The first kappa shape index (κ1) is 16.1. The molecule has 0 spiro atoms. The number of carbonyl (C=O) groups is 2. The molecule has 108 valence electrons. The molecule has 0 radical (unpaired) electrons. The van der Waals surface area contributed by atoms with Crippen LogP contribution in [0.25, 0.3) is 0 Å². The highest BCUT2D eigenvalue weighted by atomic mass is 32.1. The van der Waals surface area contributed by atoms with Crippen LogP contribution in [-0.4, -0.2) is 16.9 Å². The van der Waals surface area contributed by atoms with Gasteiger partial charge in [-0.25, -0.2) is 0 Å². The number of hydrogen-bond acceptors (Lipinski definition) is 3. The van der Waals surface area contributed by atoms with E-state index in [4.69, 9.17) is 12.2 Å². The van der Waals surface area contributed by atoms with Crippen LogP contribution >= 0.6 is 12.2 Å². The fourth-order valence-electron chi connectivity index (χ4n) is 1.21. The maximum Gasteiger partial charge on any atom is 0.269 e. The number of carbonyl (C=O) groups excluding carboxylic acids is 2. The van der Waals surface area contributed by atoms with Gasteiger partial charge in [0.25, 0.3) is 5.91 Å². The number of rotatable bonds is 1. The molecule has 0 saturated heterocycles. The fourth-order valence-corrected chi connectivity index (χ4v) is 1.36. The summed E-state index contributed by atoms with van der Waals surface area (Å²) in [7, 11) is 0. The van der Waals surface area contributed by atoms with E-state index in [-0.39, 0.29) is 16.9 Å². The Kier molecular flexibility index (Phi) is 5.21. The van der Waals surface area contributed by atoms with Gasteiger partial charge in [0.1, 0.15) is 0 Å². The lowest BCUT2D eigenvalue weighted by Gasteiger charge is -2.18. The molecule has 0 fully saturated rings. The molecule has 1 aromatic rings. The van der Waals surface area contributed by atoms with Crippen molar-refractivity contribution in [1.29, 1.82) is 0 Å². The van der Waals surface area contributed by atoms with E-state index in [9.17, 15) is 9.59 Å². The molecular weight excluding hydrogens is 274 g/mol. The van der Waals surface area contributed by atoms with Crippen LogP contribution < -0.4 is 16.2 Å². The monoisotopic (exact) mass is 293 g/mol. The molecule has 2 amide bonds. The molecule has 0 unspecified atom stereocenters. The van der Waals surface area contributed by atoms with Gasteiger partial charge in [-0.3, -0.25) is 20.4 Å². The zero-order chi connectivity index (χ0) is 15.3. The van der Waals surface area contributed by atoms with E-state index < -0.39 is 5.41 Å². The Labute approximate surface area is 124 Å². The summed E-state index contributed by atoms with van der Waals surface area (Å²) in [5, 5.41) is 2.56. The summed E-state index contributed by atoms with van der Waals surface area (Å²) in [5.74, 6) is -0.544. The van der Waals surface area contributed by atoms with Gasteiger partial charge < -0.3 is 5.32 Å². The maximum absolute atomic E-state index is 11.8. The van der Waals surface area contributed by atoms with Gasteiger partial charge in [-0.1, -0.05) is 38.5 Å². The summed E-state index contributed by atoms with van der Waals surface area (Å²) in [5.41, 5.74) is 5.96. The SMILES string of the molecule is Cc1ccc(C(=O)NNC(=S)NC(=O)C(C)(C)C)cc1. The highest BCUT2D eigenvalue weighted by Gasteiger charge is 2.22. The van der Waals surface area contributed by atoms with E-state index in [1.54, 1.807) is 32.9 Å². The summed E-state index contributed by atoms with van der Waals surface area (Å²) >= 11 is 4.93. The number of thiocarbonyl (C=S) groups is 1.